The van der Waals surface area contributed by atoms with E-state index in [4.69, 9.17) is 0 Å². The van der Waals surface area contributed by atoms with Crippen LogP contribution >= 0.6 is 0 Å². The Morgan fingerprint density at radius 3 is 2.33 bits per heavy atom. The lowest BCUT2D eigenvalue weighted by Crippen LogP contribution is -2.05. The smallest absolute Gasteiger partial charge is 0.202 e. The van der Waals surface area contributed by atoms with Crippen molar-refractivity contribution >= 4 is 12.1 Å². The molecule has 0 rings (SSSR count). The number of Topliss-reactive ketones (excluding diaryl/α,β-unsaturated/α-hetero) is 1. The molecule has 0 aliphatic carbocycles. The van der Waals surface area contributed by atoms with E-state index in [1.165, 1.54) is 6.92 Å². The number of carbonyl (C=O) groups is 1. The molecule has 2 heteroatoms. The minimum absolute atomic E-state index is 0.0604. The maximum absolute atomic E-state index is 10.4. The van der Waals surface area contributed by atoms with Gasteiger partial charge in [0.1, 0.15) is 5.78 Å². The van der Waals surface area contributed by atoms with Gasteiger partial charge in [-0.15, -0.1) is 0 Å². The summed E-state index contributed by atoms with van der Waals surface area (Å²) in [6.45, 7) is 3.36. The standard InChI is InChI=1S/C7H11O2/c1-3-7(5-8)4-6(2)9/h7H,3-4H2,1-2H3. The molecule has 0 aliphatic rings. The fourth-order valence-corrected chi connectivity index (χ4v) is 0.616. The fraction of sp³-hybridized carbons (Fsp3) is 0.714. The normalized spacial score (nSPS) is 12.7. The van der Waals surface area contributed by atoms with Gasteiger partial charge in [0, 0.05) is 12.3 Å². The van der Waals surface area contributed by atoms with Gasteiger partial charge in [-0.2, -0.15) is 0 Å². The monoisotopic (exact) mass is 127 g/mol. The van der Waals surface area contributed by atoms with Gasteiger partial charge in [-0.25, -0.2) is 0 Å². The summed E-state index contributed by atoms with van der Waals surface area (Å²) in [6, 6.07) is 0. The summed E-state index contributed by atoms with van der Waals surface area (Å²) >= 11 is 0. The third-order valence-electron chi connectivity index (χ3n) is 1.19. The van der Waals surface area contributed by atoms with E-state index in [1.807, 2.05) is 13.2 Å². The molecule has 0 saturated carbocycles. The molecule has 2 nitrogen and oxygen atoms in total. The maximum Gasteiger partial charge on any atom is 0.202 e. The Kier molecular flexibility index (Phi) is 3.93. The van der Waals surface area contributed by atoms with Gasteiger partial charge < -0.3 is 4.79 Å². The molecule has 0 N–H and O–H groups in total. The predicted molar refractivity (Wildman–Crippen MR) is 34.8 cm³/mol. The molecular formula is C7H11O2. The van der Waals surface area contributed by atoms with E-state index in [-0.39, 0.29) is 11.7 Å². The van der Waals surface area contributed by atoms with Gasteiger partial charge >= 0.3 is 0 Å². The van der Waals surface area contributed by atoms with Gasteiger partial charge in [-0.1, -0.05) is 6.92 Å². The van der Waals surface area contributed by atoms with Gasteiger partial charge in [0.25, 0.3) is 0 Å². The molecule has 0 aromatic rings. The van der Waals surface area contributed by atoms with Gasteiger partial charge in [0.15, 0.2) is 0 Å². The van der Waals surface area contributed by atoms with Crippen molar-refractivity contribution in [2.45, 2.75) is 26.7 Å². The Labute approximate surface area is 55.3 Å². The Morgan fingerprint density at radius 1 is 1.67 bits per heavy atom. The third kappa shape index (κ3) is 3.88. The highest BCUT2D eigenvalue weighted by atomic mass is 16.1. The molecule has 0 fully saturated rings. The van der Waals surface area contributed by atoms with Crippen molar-refractivity contribution in [2.75, 3.05) is 0 Å². The molecule has 0 heterocycles. The molecule has 0 aromatic carbocycles. The largest absolute Gasteiger partial charge is 0.300 e. The number of hydrogen-bond donors (Lipinski definition) is 0. The lowest BCUT2D eigenvalue weighted by Gasteiger charge is -1.99. The molecule has 1 radical (unpaired) electrons. The van der Waals surface area contributed by atoms with Crippen molar-refractivity contribution in [2.24, 2.45) is 5.92 Å². The van der Waals surface area contributed by atoms with Crippen molar-refractivity contribution in [3.8, 4) is 0 Å². The lowest BCUT2D eigenvalue weighted by molar-refractivity contribution is -0.117. The molecule has 0 aliphatic heterocycles. The molecule has 0 saturated heterocycles. The summed E-state index contributed by atoms with van der Waals surface area (Å²) in [7, 11) is 0. The first-order valence-electron chi connectivity index (χ1n) is 3.07. The van der Waals surface area contributed by atoms with Gasteiger partial charge in [-0.05, 0) is 13.3 Å². The van der Waals surface area contributed by atoms with Crippen molar-refractivity contribution in [3.63, 3.8) is 0 Å². The van der Waals surface area contributed by atoms with Crippen LogP contribution in [-0.4, -0.2) is 12.1 Å². The van der Waals surface area contributed by atoms with E-state index in [9.17, 15) is 9.59 Å². The van der Waals surface area contributed by atoms with Crippen LogP contribution < -0.4 is 0 Å². The van der Waals surface area contributed by atoms with E-state index in [0.717, 1.165) is 0 Å². The number of carbonyl (C=O) groups excluding carboxylic acids is 2. The SMILES string of the molecule is CCC([C]=O)CC(C)=O. The number of ketones is 1. The second kappa shape index (κ2) is 4.24. The number of hydrogen-bond acceptors (Lipinski definition) is 2. The summed E-state index contributed by atoms with van der Waals surface area (Å²) in [5.74, 6) is -0.118. The van der Waals surface area contributed by atoms with Crippen LogP contribution in [0.15, 0.2) is 0 Å². The third-order valence-corrected chi connectivity index (χ3v) is 1.19. The van der Waals surface area contributed by atoms with E-state index < -0.39 is 0 Å². The molecular weight excluding hydrogens is 116 g/mol. The maximum atomic E-state index is 10.4. The summed E-state index contributed by atoms with van der Waals surface area (Å²) in [5, 5.41) is 0. The van der Waals surface area contributed by atoms with Crippen molar-refractivity contribution in [3.05, 3.63) is 0 Å². The molecule has 0 bridgehead atoms. The van der Waals surface area contributed by atoms with Crippen LogP contribution in [0.25, 0.3) is 0 Å². The molecule has 0 spiro atoms. The van der Waals surface area contributed by atoms with Crippen LogP contribution in [0.3, 0.4) is 0 Å². The summed E-state index contributed by atoms with van der Waals surface area (Å²) < 4.78 is 0. The second-order valence-corrected chi connectivity index (χ2v) is 2.13. The fourth-order valence-electron chi connectivity index (χ4n) is 0.616. The van der Waals surface area contributed by atoms with Crippen molar-refractivity contribution in [1.82, 2.24) is 0 Å². The zero-order valence-electron chi connectivity index (χ0n) is 5.81. The van der Waals surface area contributed by atoms with Crippen LogP contribution in [0, 0.1) is 5.92 Å². The van der Waals surface area contributed by atoms with Crippen LogP contribution in [0.2, 0.25) is 0 Å². The first-order valence-corrected chi connectivity index (χ1v) is 3.07. The van der Waals surface area contributed by atoms with E-state index in [0.29, 0.717) is 12.8 Å². The van der Waals surface area contributed by atoms with Crippen LogP contribution in [0.4, 0.5) is 0 Å². The average Bonchev–Trinajstić information content (AvgIpc) is 1.82. The summed E-state index contributed by atoms with van der Waals surface area (Å²) in [6.07, 6.45) is 2.87. The topological polar surface area (TPSA) is 34.1 Å². The molecule has 1 atom stereocenters. The first-order chi connectivity index (χ1) is 4.20. The zero-order chi connectivity index (χ0) is 7.28. The van der Waals surface area contributed by atoms with E-state index in [2.05, 4.69) is 0 Å². The quantitative estimate of drug-likeness (QED) is 0.566. The van der Waals surface area contributed by atoms with Crippen molar-refractivity contribution in [1.29, 1.82) is 0 Å². The van der Waals surface area contributed by atoms with Gasteiger partial charge in [-0.3, -0.25) is 4.79 Å². The Hall–Kier alpha value is -0.660. The minimum Gasteiger partial charge on any atom is -0.300 e. The highest BCUT2D eigenvalue weighted by Gasteiger charge is 2.06. The van der Waals surface area contributed by atoms with Crippen LogP contribution in [0.1, 0.15) is 26.7 Å². The molecule has 0 aromatic heterocycles. The first kappa shape index (κ1) is 8.34. The Morgan fingerprint density at radius 2 is 2.22 bits per heavy atom. The van der Waals surface area contributed by atoms with E-state index in [1.54, 1.807) is 0 Å². The van der Waals surface area contributed by atoms with Gasteiger partial charge in [0.2, 0.25) is 6.29 Å². The Bertz CT molecular complexity index is 107. The number of rotatable bonds is 4. The summed E-state index contributed by atoms with van der Waals surface area (Å²) in [4.78, 5) is 20.4. The molecule has 51 valence electrons. The van der Waals surface area contributed by atoms with Crippen LogP contribution in [0.5, 0.6) is 0 Å². The summed E-state index contributed by atoms with van der Waals surface area (Å²) in [5.41, 5.74) is 0. The second-order valence-electron chi connectivity index (χ2n) is 2.13. The predicted octanol–water partition coefficient (Wildman–Crippen LogP) is 1.10. The average molecular weight is 127 g/mol. The highest BCUT2D eigenvalue weighted by Crippen LogP contribution is 2.03. The molecule has 0 amide bonds. The minimum atomic E-state index is -0.178. The van der Waals surface area contributed by atoms with Crippen LogP contribution in [-0.2, 0) is 9.59 Å². The Balaban J connectivity index is 3.55. The highest BCUT2D eigenvalue weighted by molar-refractivity contribution is 5.78. The van der Waals surface area contributed by atoms with E-state index >= 15 is 0 Å². The lowest BCUT2D eigenvalue weighted by atomic mass is 10.0. The van der Waals surface area contributed by atoms with Gasteiger partial charge in [0.05, 0.1) is 0 Å². The van der Waals surface area contributed by atoms with Crippen molar-refractivity contribution < 1.29 is 9.59 Å². The molecule has 1 unspecified atom stereocenters. The molecule has 9 heavy (non-hydrogen) atoms. The zero-order valence-corrected chi connectivity index (χ0v) is 5.81.